The molecule has 9 heteroatoms. The number of nitro groups is 1. The Labute approximate surface area is 108 Å². The topological polar surface area (TPSA) is 78.7 Å². The standard InChI is InChI=1S/C9H6BrF2NO5/c1-17-8(14)4-2-3-5(18-9(11)12)7(6(4)10)13(15)16/h2-3,9H,1H3. The Morgan fingerprint density at radius 1 is 1.50 bits per heavy atom. The quantitative estimate of drug-likeness (QED) is 0.483. The summed E-state index contributed by atoms with van der Waals surface area (Å²) in [6.45, 7) is -3.21. The number of benzene rings is 1. The van der Waals surface area contributed by atoms with E-state index in [0.717, 1.165) is 19.2 Å². The fourth-order valence-electron chi connectivity index (χ4n) is 1.18. The number of carbonyl (C=O) groups is 1. The molecular formula is C9H6BrF2NO5. The Bertz CT molecular complexity index is 494. The summed E-state index contributed by atoms with van der Waals surface area (Å²) in [5.41, 5.74) is -0.927. The zero-order valence-corrected chi connectivity index (χ0v) is 10.4. The number of rotatable bonds is 4. The van der Waals surface area contributed by atoms with E-state index in [0.29, 0.717) is 0 Å². The van der Waals surface area contributed by atoms with Gasteiger partial charge in [0.05, 0.1) is 17.6 Å². The average molecular weight is 326 g/mol. The molecule has 0 spiro atoms. The van der Waals surface area contributed by atoms with E-state index in [9.17, 15) is 23.7 Å². The van der Waals surface area contributed by atoms with E-state index in [1.165, 1.54) is 0 Å². The fraction of sp³-hybridized carbons (Fsp3) is 0.222. The summed E-state index contributed by atoms with van der Waals surface area (Å²) < 4.78 is 32.2. The maximum absolute atomic E-state index is 12.1. The molecule has 1 aromatic rings. The van der Waals surface area contributed by atoms with Gasteiger partial charge in [-0.1, -0.05) is 0 Å². The molecule has 0 saturated carbocycles. The lowest BCUT2D eigenvalue weighted by molar-refractivity contribution is -0.387. The van der Waals surface area contributed by atoms with Crippen molar-refractivity contribution < 1.29 is 28.0 Å². The van der Waals surface area contributed by atoms with E-state index in [-0.39, 0.29) is 10.0 Å². The molecule has 0 radical (unpaired) electrons. The number of halogens is 3. The Morgan fingerprint density at radius 3 is 2.56 bits per heavy atom. The fourth-order valence-corrected chi connectivity index (χ4v) is 1.81. The van der Waals surface area contributed by atoms with E-state index >= 15 is 0 Å². The number of hydrogen-bond acceptors (Lipinski definition) is 5. The van der Waals surface area contributed by atoms with Crippen molar-refractivity contribution in [3.05, 3.63) is 32.3 Å². The monoisotopic (exact) mass is 325 g/mol. The van der Waals surface area contributed by atoms with E-state index in [1.807, 2.05) is 0 Å². The number of nitro benzene ring substituents is 1. The number of methoxy groups -OCH3 is 1. The van der Waals surface area contributed by atoms with Crippen molar-refractivity contribution in [2.75, 3.05) is 7.11 Å². The van der Waals surface area contributed by atoms with Gasteiger partial charge in [0.15, 0.2) is 0 Å². The molecule has 0 bridgehead atoms. The smallest absolute Gasteiger partial charge is 0.387 e. The number of hydrogen-bond donors (Lipinski definition) is 0. The first-order valence-electron chi connectivity index (χ1n) is 4.38. The second-order valence-corrected chi connectivity index (χ2v) is 3.69. The van der Waals surface area contributed by atoms with Gasteiger partial charge in [0, 0.05) is 0 Å². The van der Waals surface area contributed by atoms with Crippen LogP contribution in [0.2, 0.25) is 0 Å². The SMILES string of the molecule is COC(=O)c1ccc(OC(F)F)c([N+](=O)[O-])c1Br. The molecule has 0 aliphatic carbocycles. The number of carbonyl (C=O) groups excluding carboxylic acids is 1. The third-order valence-electron chi connectivity index (χ3n) is 1.88. The third-order valence-corrected chi connectivity index (χ3v) is 2.69. The third kappa shape index (κ3) is 2.92. The van der Waals surface area contributed by atoms with Gasteiger partial charge in [0.2, 0.25) is 5.75 Å². The van der Waals surface area contributed by atoms with Crippen LogP contribution in [0.15, 0.2) is 16.6 Å². The summed E-state index contributed by atoms with van der Waals surface area (Å²) in [7, 11) is 1.09. The molecule has 0 atom stereocenters. The van der Waals surface area contributed by atoms with Gasteiger partial charge < -0.3 is 9.47 Å². The summed E-state index contributed by atoms with van der Waals surface area (Å²) >= 11 is 2.80. The Balaban J connectivity index is 3.37. The first-order valence-corrected chi connectivity index (χ1v) is 5.17. The summed E-state index contributed by atoms with van der Waals surface area (Å²) in [5.74, 6) is -1.48. The first kappa shape index (κ1) is 14.3. The van der Waals surface area contributed by atoms with Gasteiger partial charge >= 0.3 is 18.3 Å². The maximum atomic E-state index is 12.1. The van der Waals surface area contributed by atoms with Crippen LogP contribution in [0.25, 0.3) is 0 Å². The molecule has 98 valence electrons. The number of ether oxygens (including phenoxy) is 2. The molecule has 0 amide bonds. The minimum Gasteiger partial charge on any atom is -0.465 e. The first-order chi connectivity index (χ1) is 8.38. The highest BCUT2D eigenvalue weighted by Crippen LogP contribution is 2.38. The van der Waals surface area contributed by atoms with Gasteiger partial charge in [-0.15, -0.1) is 0 Å². The van der Waals surface area contributed by atoms with Crippen molar-refractivity contribution >= 4 is 27.6 Å². The van der Waals surface area contributed by atoms with Crippen LogP contribution >= 0.6 is 15.9 Å². The van der Waals surface area contributed by atoms with Gasteiger partial charge in [0.25, 0.3) is 0 Å². The number of esters is 1. The Morgan fingerprint density at radius 2 is 2.11 bits per heavy atom. The van der Waals surface area contributed by atoms with Crippen LogP contribution < -0.4 is 4.74 Å². The van der Waals surface area contributed by atoms with Gasteiger partial charge in [-0.05, 0) is 28.1 Å². The summed E-state index contributed by atoms with van der Waals surface area (Å²) in [5, 5.41) is 10.8. The largest absolute Gasteiger partial charge is 0.465 e. The summed E-state index contributed by atoms with van der Waals surface area (Å²) in [6.07, 6.45) is 0. The van der Waals surface area contributed by atoms with Crippen LogP contribution in [0.4, 0.5) is 14.5 Å². The lowest BCUT2D eigenvalue weighted by Gasteiger charge is -2.08. The minimum absolute atomic E-state index is 0.161. The van der Waals surface area contributed by atoms with Gasteiger partial charge in [-0.3, -0.25) is 10.1 Å². The van der Waals surface area contributed by atoms with Crippen molar-refractivity contribution in [1.82, 2.24) is 0 Å². The highest BCUT2D eigenvalue weighted by molar-refractivity contribution is 9.10. The van der Waals surface area contributed by atoms with Gasteiger partial charge in [-0.2, -0.15) is 8.78 Å². The molecule has 0 aromatic heterocycles. The second-order valence-electron chi connectivity index (χ2n) is 2.90. The highest BCUT2D eigenvalue weighted by Gasteiger charge is 2.27. The van der Waals surface area contributed by atoms with Crippen molar-refractivity contribution in [3.8, 4) is 5.75 Å². The molecule has 0 fully saturated rings. The minimum atomic E-state index is -3.21. The normalized spacial score (nSPS) is 10.3. The second kappa shape index (κ2) is 5.71. The van der Waals surface area contributed by atoms with E-state index in [4.69, 9.17) is 0 Å². The molecule has 0 aliphatic rings. The average Bonchev–Trinajstić information content (AvgIpc) is 2.27. The van der Waals surface area contributed by atoms with Gasteiger partial charge in [-0.25, -0.2) is 4.79 Å². The van der Waals surface area contributed by atoms with Gasteiger partial charge in [0.1, 0.15) is 4.47 Å². The van der Waals surface area contributed by atoms with Crippen LogP contribution in [-0.2, 0) is 4.74 Å². The van der Waals surface area contributed by atoms with E-state index < -0.39 is 28.9 Å². The lowest BCUT2D eigenvalue weighted by atomic mass is 10.2. The molecule has 18 heavy (non-hydrogen) atoms. The van der Waals surface area contributed by atoms with Crippen molar-refractivity contribution in [1.29, 1.82) is 0 Å². The molecule has 0 N–H and O–H groups in total. The van der Waals surface area contributed by atoms with Crippen molar-refractivity contribution in [2.24, 2.45) is 0 Å². The molecule has 1 aromatic carbocycles. The van der Waals surface area contributed by atoms with Crippen LogP contribution in [0.1, 0.15) is 10.4 Å². The van der Waals surface area contributed by atoms with Crippen LogP contribution in [0.3, 0.4) is 0 Å². The van der Waals surface area contributed by atoms with Crippen molar-refractivity contribution in [2.45, 2.75) is 6.61 Å². The summed E-state index contributed by atoms with van der Waals surface area (Å²) in [4.78, 5) is 21.1. The van der Waals surface area contributed by atoms with Crippen LogP contribution in [-0.4, -0.2) is 24.6 Å². The maximum Gasteiger partial charge on any atom is 0.387 e. The zero-order valence-electron chi connectivity index (χ0n) is 8.85. The predicted octanol–water partition coefficient (Wildman–Crippen LogP) is 2.75. The molecule has 1 rings (SSSR count). The highest BCUT2D eigenvalue weighted by atomic mass is 79.9. The molecule has 0 unspecified atom stereocenters. The Kier molecular flexibility index (Phi) is 4.54. The molecule has 6 nitrogen and oxygen atoms in total. The van der Waals surface area contributed by atoms with E-state index in [1.54, 1.807) is 0 Å². The number of alkyl halides is 2. The molecule has 0 aliphatic heterocycles. The zero-order chi connectivity index (χ0) is 13.9. The van der Waals surface area contributed by atoms with Crippen LogP contribution in [0.5, 0.6) is 5.75 Å². The molecule has 0 saturated heterocycles. The lowest BCUT2D eigenvalue weighted by Crippen LogP contribution is -2.08. The predicted molar refractivity (Wildman–Crippen MR) is 58.8 cm³/mol. The summed E-state index contributed by atoms with van der Waals surface area (Å²) in [6, 6.07) is 1.99. The van der Waals surface area contributed by atoms with Crippen molar-refractivity contribution in [3.63, 3.8) is 0 Å². The molecular weight excluding hydrogens is 320 g/mol. The Hall–Kier alpha value is -1.77. The molecule has 0 heterocycles. The number of nitrogens with zero attached hydrogens (tertiary/aromatic N) is 1. The van der Waals surface area contributed by atoms with E-state index in [2.05, 4.69) is 25.4 Å². The van der Waals surface area contributed by atoms with Crippen LogP contribution in [0, 0.1) is 10.1 Å².